The first-order chi connectivity index (χ1) is 19.1. The smallest absolute Gasteiger partial charge is 0.282 e. The summed E-state index contributed by atoms with van der Waals surface area (Å²) in [5.41, 5.74) is 2.81. The molecule has 0 unspecified atom stereocenters. The highest BCUT2D eigenvalue weighted by atomic mass is 32.2. The van der Waals surface area contributed by atoms with Crippen molar-refractivity contribution >= 4 is 33.2 Å². The number of benzene rings is 1. The van der Waals surface area contributed by atoms with Crippen LogP contribution in [0, 0.1) is 0 Å². The van der Waals surface area contributed by atoms with E-state index in [1.165, 1.54) is 21.9 Å². The first kappa shape index (κ1) is 28.1. The van der Waals surface area contributed by atoms with Crippen LogP contribution in [-0.4, -0.2) is 83.7 Å². The number of carbonyl (C=O) groups is 2. The normalized spacial score (nSPS) is 16.1. The molecule has 40 heavy (non-hydrogen) atoms. The molecule has 1 aliphatic heterocycles. The average molecular weight is 589 g/mol. The summed E-state index contributed by atoms with van der Waals surface area (Å²) in [5.74, 6) is 1.02. The zero-order valence-electron chi connectivity index (χ0n) is 22.6. The van der Waals surface area contributed by atoms with Gasteiger partial charge in [0.1, 0.15) is 12.3 Å². The van der Waals surface area contributed by atoms with Crippen LogP contribution in [0.1, 0.15) is 56.0 Å². The van der Waals surface area contributed by atoms with E-state index in [0.29, 0.717) is 46.9 Å². The predicted octanol–water partition coefficient (Wildman–Crippen LogP) is 1.99. The third kappa shape index (κ3) is 6.29. The number of rotatable bonds is 10. The molecule has 0 radical (unpaired) electrons. The molecule has 0 atom stereocenters. The van der Waals surface area contributed by atoms with E-state index in [2.05, 4.69) is 15.4 Å². The number of thiazole rings is 1. The van der Waals surface area contributed by atoms with E-state index >= 15 is 0 Å². The van der Waals surface area contributed by atoms with Crippen LogP contribution in [0.2, 0.25) is 0 Å². The monoisotopic (exact) mass is 588 g/mol. The van der Waals surface area contributed by atoms with E-state index in [-0.39, 0.29) is 38.1 Å². The molecule has 2 fully saturated rings. The fraction of sp³-hybridized carbons (Fsp3) is 0.462. The minimum atomic E-state index is -3.27. The highest BCUT2D eigenvalue weighted by Gasteiger charge is 2.29. The van der Waals surface area contributed by atoms with Crippen molar-refractivity contribution in [2.75, 3.05) is 39.5 Å². The molecule has 0 spiro atoms. The largest absolute Gasteiger partial charge is 0.493 e. The van der Waals surface area contributed by atoms with Gasteiger partial charge in [0.2, 0.25) is 10.0 Å². The molecule has 3 aromatic rings. The van der Waals surface area contributed by atoms with Gasteiger partial charge in [0.25, 0.3) is 11.8 Å². The molecule has 2 aliphatic rings. The van der Waals surface area contributed by atoms with Gasteiger partial charge in [0.15, 0.2) is 16.5 Å². The molecule has 3 heterocycles. The van der Waals surface area contributed by atoms with Crippen LogP contribution in [0.4, 0.5) is 0 Å². The zero-order valence-corrected chi connectivity index (χ0v) is 24.3. The van der Waals surface area contributed by atoms with Crippen LogP contribution >= 0.6 is 11.3 Å². The van der Waals surface area contributed by atoms with Crippen LogP contribution in [0.5, 0.6) is 11.5 Å². The van der Waals surface area contributed by atoms with Crippen molar-refractivity contribution in [2.24, 2.45) is 7.05 Å². The molecule has 1 N–H and O–H groups in total. The van der Waals surface area contributed by atoms with E-state index in [0.717, 1.165) is 24.1 Å². The van der Waals surface area contributed by atoms with Crippen LogP contribution in [0.25, 0.3) is 0 Å². The number of hydrogen-bond donors (Lipinski definition) is 1. The van der Waals surface area contributed by atoms with E-state index < -0.39 is 10.0 Å². The van der Waals surface area contributed by atoms with Gasteiger partial charge in [-0.05, 0) is 25.0 Å². The molecule has 0 bridgehead atoms. The van der Waals surface area contributed by atoms with Crippen molar-refractivity contribution in [1.82, 2.24) is 29.3 Å². The summed E-state index contributed by atoms with van der Waals surface area (Å²) >= 11 is 1.22. The zero-order chi connectivity index (χ0) is 28.4. The number of sulfonamides is 1. The Labute approximate surface area is 236 Å². The Morgan fingerprint density at radius 2 is 1.93 bits per heavy atom. The molecule has 1 saturated heterocycles. The van der Waals surface area contributed by atoms with E-state index in [1.54, 1.807) is 35.2 Å². The molecule has 2 amide bonds. The molecule has 214 valence electrons. The maximum absolute atomic E-state index is 12.9. The summed E-state index contributed by atoms with van der Waals surface area (Å²) in [6.45, 7) is 1.54. The lowest BCUT2D eigenvalue weighted by molar-refractivity contribution is 0.0697. The molecule has 1 aliphatic carbocycles. The molecular formula is C26H32N6O6S2. The van der Waals surface area contributed by atoms with Crippen molar-refractivity contribution in [3.8, 4) is 11.5 Å². The maximum atomic E-state index is 12.9. The Morgan fingerprint density at radius 1 is 1.18 bits per heavy atom. The van der Waals surface area contributed by atoms with Crippen molar-refractivity contribution < 1.29 is 27.5 Å². The van der Waals surface area contributed by atoms with Crippen LogP contribution in [0.3, 0.4) is 0 Å². The fourth-order valence-electron chi connectivity index (χ4n) is 4.57. The lowest BCUT2D eigenvalue weighted by atomic mass is 10.1. The number of aromatic nitrogens is 3. The fourth-order valence-corrected chi connectivity index (χ4v) is 6.17. The molecule has 12 nitrogen and oxygen atoms in total. The minimum Gasteiger partial charge on any atom is -0.493 e. The quantitative estimate of drug-likeness (QED) is 0.380. The van der Waals surface area contributed by atoms with E-state index in [9.17, 15) is 18.0 Å². The molecule has 14 heteroatoms. The number of methoxy groups -OCH3 is 1. The molecule has 1 saturated carbocycles. The van der Waals surface area contributed by atoms with Crippen molar-refractivity contribution in [1.29, 1.82) is 0 Å². The van der Waals surface area contributed by atoms with Gasteiger partial charge in [-0.3, -0.25) is 14.3 Å². The summed E-state index contributed by atoms with van der Waals surface area (Å²) in [4.78, 5) is 31.7. The summed E-state index contributed by atoms with van der Waals surface area (Å²) in [7, 11) is 0.0421. The topological polar surface area (TPSA) is 136 Å². The standard InChI is InChI=1S/C26H32N6O6S2/c1-30-21(13-20(29-30)17-7-8-17)24(33)27-14-18-5-4-6-22(23(18)37-2)38-15-19-16-39-25(28-19)26(34)31-9-11-32(12-10-31)40(3,35)36/h4-6,13,16-17H,7-12,14-15H2,1-3H3,(H,27,33). The Hall–Kier alpha value is -3.49. The Balaban J connectivity index is 1.18. The van der Waals surface area contributed by atoms with Gasteiger partial charge in [-0.2, -0.15) is 9.40 Å². The Kier molecular flexibility index (Phi) is 8.10. The summed E-state index contributed by atoms with van der Waals surface area (Å²) in [6, 6.07) is 7.30. The average Bonchev–Trinajstić information content (AvgIpc) is 3.56. The highest BCUT2D eigenvalue weighted by Crippen LogP contribution is 2.39. The number of piperazine rings is 1. The van der Waals surface area contributed by atoms with Gasteiger partial charge in [-0.15, -0.1) is 11.3 Å². The molecular weight excluding hydrogens is 556 g/mol. The number of hydrogen-bond acceptors (Lipinski definition) is 9. The SMILES string of the molecule is COc1c(CNC(=O)c2cc(C3CC3)nn2C)cccc1OCc1csc(C(=O)N2CCN(S(C)(=O)=O)CC2)n1. The number of para-hydroxylation sites is 1. The number of carbonyl (C=O) groups excluding carboxylic acids is 2. The maximum Gasteiger partial charge on any atom is 0.282 e. The van der Waals surface area contributed by atoms with Crippen molar-refractivity contribution in [2.45, 2.75) is 31.9 Å². The van der Waals surface area contributed by atoms with Gasteiger partial charge in [0.05, 0.1) is 24.8 Å². The second kappa shape index (κ2) is 11.6. The van der Waals surface area contributed by atoms with E-state index in [4.69, 9.17) is 9.47 Å². The lowest BCUT2D eigenvalue weighted by Crippen LogP contribution is -2.50. The van der Waals surface area contributed by atoms with Crippen molar-refractivity contribution in [3.05, 3.63) is 57.3 Å². The number of aryl methyl sites for hydroxylation is 1. The molecule has 1 aromatic carbocycles. The second-order valence-electron chi connectivity index (χ2n) is 9.87. The third-order valence-corrected chi connectivity index (χ3v) is 9.12. The molecule has 5 rings (SSSR count). The van der Waals surface area contributed by atoms with Gasteiger partial charge >= 0.3 is 0 Å². The van der Waals surface area contributed by atoms with Crippen LogP contribution in [0.15, 0.2) is 29.6 Å². The summed E-state index contributed by atoms with van der Waals surface area (Å²) in [6.07, 6.45) is 3.40. The van der Waals surface area contributed by atoms with Crippen LogP contribution in [-0.2, 0) is 30.2 Å². The Morgan fingerprint density at radius 3 is 2.60 bits per heavy atom. The molecule has 2 aromatic heterocycles. The second-order valence-corrected chi connectivity index (χ2v) is 12.7. The van der Waals surface area contributed by atoms with Crippen molar-refractivity contribution in [3.63, 3.8) is 0 Å². The highest BCUT2D eigenvalue weighted by molar-refractivity contribution is 7.88. The summed E-state index contributed by atoms with van der Waals surface area (Å²) < 4.78 is 38.0. The van der Waals surface area contributed by atoms with Crippen LogP contribution < -0.4 is 14.8 Å². The number of nitrogens with zero attached hydrogens (tertiary/aromatic N) is 5. The lowest BCUT2D eigenvalue weighted by Gasteiger charge is -2.32. The first-order valence-corrected chi connectivity index (χ1v) is 15.7. The summed E-state index contributed by atoms with van der Waals surface area (Å²) in [5, 5.41) is 9.49. The predicted molar refractivity (Wildman–Crippen MR) is 148 cm³/mol. The van der Waals surface area contributed by atoms with Gasteiger partial charge in [-0.25, -0.2) is 13.4 Å². The van der Waals surface area contributed by atoms with Gasteiger partial charge < -0.3 is 19.7 Å². The number of ether oxygens (including phenoxy) is 2. The minimum absolute atomic E-state index is 0.122. The number of amides is 2. The third-order valence-electron chi connectivity index (χ3n) is 6.94. The van der Waals surface area contributed by atoms with Gasteiger partial charge in [-0.1, -0.05) is 12.1 Å². The van der Waals surface area contributed by atoms with Gasteiger partial charge in [0, 0.05) is 56.6 Å². The van der Waals surface area contributed by atoms with E-state index in [1.807, 2.05) is 18.2 Å². The Bertz CT molecular complexity index is 1510. The first-order valence-electron chi connectivity index (χ1n) is 12.9. The number of nitrogens with one attached hydrogen (secondary N) is 1.